The monoisotopic (exact) mass is 609 g/mol. The number of thiol groups is 3. The van der Waals surface area contributed by atoms with Crippen LogP contribution in [0.3, 0.4) is 0 Å². The van der Waals surface area contributed by atoms with Crippen molar-refractivity contribution in [3.8, 4) is 28.3 Å². The zero-order valence-corrected chi connectivity index (χ0v) is 25.6. The van der Waals surface area contributed by atoms with E-state index < -0.39 is 14.9 Å². The summed E-state index contributed by atoms with van der Waals surface area (Å²) < 4.78 is 28.9. The second-order valence-corrected chi connectivity index (χ2v) is 15.5. The number of hydrogen-bond acceptors (Lipinski definition) is 10. The number of alkyl halides is 1. The molecule has 4 rings (SSSR count). The van der Waals surface area contributed by atoms with Gasteiger partial charge in [0.2, 0.25) is 5.95 Å². The largest absolute Gasteiger partial charge is 0.507 e. The number of anilines is 1. The molecule has 1 aromatic carbocycles. The number of nitrogens with zero attached hydrogens (tertiary/aromatic N) is 5. The van der Waals surface area contributed by atoms with Gasteiger partial charge in [-0.2, -0.15) is 4.39 Å². The van der Waals surface area contributed by atoms with Gasteiger partial charge in [-0.3, -0.25) is 0 Å². The van der Waals surface area contributed by atoms with Crippen molar-refractivity contribution in [2.75, 3.05) is 11.9 Å². The fraction of sp³-hybridized carbons (Fsp3) is 0.481. The molecular formula is C27H33F2N5OS4. The van der Waals surface area contributed by atoms with E-state index in [4.69, 9.17) is 0 Å². The lowest BCUT2D eigenvalue weighted by atomic mass is 9.76. The van der Waals surface area contributed by atoms with Crippen LogP contribution in [0.5, 0.6) is 5.75 Å². The van der Waals surface area contributed by atoms with Gasteiger partial charge in [-0.25, -0.2) is 14.4 Å². The molecule has 0 unspecified atom stereocenters. The van der Waals surface area contributed by atoms with Gasteiger partial charge in [0.15, 0.2) is 14.4 Å². The number of phenols is 1. The molecular weight excluding hydrogens is 577 g/mol. The third-order valence-electron chi connectivity index (χ3n) is 7.31. The Morgan fingerprint density at radius 3 is 2.56 bits per heavy atom. The third kappa shape index (κ3) is 7.31. The van der Waals surface area contributed by atoms with Crippen LogP contribution < -0.4 is 4.90 Å². The molecule has 0 saturated heterocycles. The molecule has 6 nitrogen and oxygen atoms in total. The van der Waals surface area contributed by atoms with E-state index in [0.29, 0.717) is 27.5 Å². The number of halogens is 2. The van der Waals surface area contributed by atoms with Crippen molar-refractivity contribution in [3.05, 3.63) is 42.5 Å². The summed E-state index contributed by atoms with van der Waals surface area (Å²) >= 11 is 13.7. The Bertz CT molecular complexity index is 1290. The Morgan fingerprint density at radius 2 is 1.92 bits per heavy atom. The van der Waals surface area contributed by atoms with E-state index in [-0.39, 0.29) is 23.0 Å². The van der Waals surface area contributed by atoms with Crippen molar-refractivity contribution in [1.82, 2.24) is 20.2 Å². The first kappa shape index (κ1) is 30.2. The predicted molar refractivity (Wildman–Crippen MR) is 164 cm³/mol. The molecule has 0 bridgehead atoms. The maximum absolute atomic E-state index is 15.8. The van der Waals surface area contributed by atoms with Crippen LogP contribution in [0.2, 0.25) is 0 Å². The number of benzene rings is 1. The van der Waals surface area contributed by atoms with Gasteiger partial charge in [-0.05, 0) is 48.6 Å². The minimum absolute atomic E-state index is 0.0864. The second-order valence-electron chi connectivity index (χ2n) is 10.3. The number of aromatic nitrogens is 4. The van der Waals surface area contributed by atoms with E-state index in [1.165, 1.54) is 12.1 Å². The summed E-state index contributed by atoms with van der Waals surface area (Å²) in [5.41, 5.74) is 1.11. The number of phenolic OH excluding ortho intramolecular Hbond substituents is 1. The van der Waals surface area contributed by atoms with Crippen molar-refractivity contribution in [1.29, 1.82) is 0 Å². The predicted octanol–water partition coefficient (Wildman–Crippen LogP) is 7.46. The molecule has 3 atom stereocenters. The normalized spacial score (nSPS) is 21.9. The standard InChI is InChI=1S/C27H33F2N5OS4/c1-4-10-26(2)11-6-5-7-19(24(26)29)34(3)22-15-30-25(33-32-22)18-9-8-16(12-20(18)35)17-13-21(28)31-23(14-17)39-27(36,37)38/h8-9,12-15,19,24,35-38H,4-7,10-11H2,1-3H3/t19-,24-,26+/m0/s1. The van der Waals surface area contributed by atoms with Gasteiger partial charge in [-0.15, -0.1) is 48.1 Å². The number of rotatable bonds is 8. The molecule has 1 fully saturated rings. The molecule has 0 radical (unpaired) electrons. The average Bonchev–Trinajstić information content (AvgIpc) is 3.01. The highest BCUT2D eigenvalue weighted by atomic mass is 32.3. The van der Waals surface area contributed by atoms with E-state index in [0.717, 1.165) is 50.3 Å². The molecule has 0 aliphatic heterocycles. The highest BCUT2D eigenvalue weighted by Gasteiger charge is 2.42. The first-order valence-corrected chi connectivity index (χ1v) is 15.0. The lowest BCUT2D eigenvalue weighted by Crippen LogP contribution is -2.46. The van der Waals surface area contributed by atoms with Crippen molar-refractivity contribution < 1.29 is 13.9 Å². The minimum Gasteiger partial charge on any atom is -0.507 e. The first-order chi connectivity index (χ1) is 18.4. The molecule has 39 heavy (non-hydrogen) atoms. The van der Waals surface area contributed by atoms with E-state index in [1.54, 1.807) is 24.4 Å². The Kier molecular flexibility index (Phi) is 9.60. The first-order valence-electron chi connectivity index (χ1n) is 12.8. The SMILES string of the molecule is CCC[C@]1(C)CCCC[C@H](N(C)c2cnc(-c3ccc(-c4cc(F)nc(SC(S)(S)S)c4)cc3O)nn2)[C@@H]1F. The van der Waals surface area contributed by atoms with E-state index >= 15 is 4.39 Å². The molecule has 2 aromatic heterocycles. The Balaban J connectivity index is 1.55. The summed E-state index contributed by atoms with van der Waals surface area (Å²) in [5, 5.41) is 19.7. The van der Waals surface area contributed by atoms with Crippen molar-refractivity contribution >= 4 is 55.5 Å². The Labute approximate surface area is 249 Å². The van der Waals surface area contributed by atoms with Crippen LogP contribution in [0, 0.1) is 11.4 Å². The van der Waals surface area contributed by atoms with Gasteiger partial charge < -0.3 is 10.0 Å². The zero-order valence-electron chi connectivity index (χ0n) is 22.1. The minimum atomic E-state index is -1.04. The molecule has 2 heterocycles. The van der Waals surface area contributed by atoms with Gasteiger partial charge in [0.25, 0.3) is 0 Å². The van der Waals surface area contributed by atoms with Crippen molar-refractivity contribution in [3.63, 3.8) is 0 Å². The summed E-state index contributed by atoms with van der Waals surface area (Å²) in [6.45, 7) is 4.16. The van der Waals surface area contributed by atoms with Crippen LogP contribution in [-0.2, 0) is 0 Å². The molecule has 1 aliphatic carbocycles. The summed E-state index contributed by atoms with van der Waals surface area (Å²) in [6.07, 6.45) is 5.99. The highest BCUT2D eigenvalue weighted by molar-refractivity contribution is 8.36. The quantitative estimate of drug-likeness (QED) is 0.0695. The molecule has 12 heteroatoms. The van der Waals surface area contributed by atoms with E-state index in [2.05, 4.69) is 71.9 Å². The number of pyridine rings is 1. The molecule has 0 amide bonds. The molecule has 1 saturated carbocycles. The van der Waals surface area contributed by atoms with Crippen LogP contribution in [0.15, 0.2) is 41.6 Å². The van der Waals surface area contributed by atoms with Crippen LogP contribution in [0.1, 0.15) is 52.4 Å². The lowest BCUT2D eigenvalue weighted by molar-refractivity contribution is 0.0868. The number of aromatic hydroxyl groups is 1. The maximum Gasteiger partial charge on any atom is 0.214 e. The van der Waals surface area contributed by atoms with Crippen LogP contribution in [0.25, 0.3) is 22.5 Å². The molecule has 210 valence electrons. The summed E-state index contributed by atoms with van der Waals surface area (Å²) in [4.78, 5) is 10.1. The zero-order chi connectivity index (χ0) is 28.4. The smallest absolute Gasteiger partial charge is 0.214 e. The van der Waals surface area contributed by atoms with Gasteiger partial charge in [0.05, 0.1) is 17.8 Å². The topological polar surface area (TPSA) is 75.0 Å². The average molecular weight is 610 g/mol. The van der Waals surface area contributed by atoms with Crippen molar-refractivity contribution in [2.45, 2.75) is 72.4 Å². The molecule has 3 aromatic rings. The fourth-order valence-corrected chi connectivity index (χ4v) is 6.75. The van der Waals surface area contributed by atoms with Gasteiger partial charge in [-0.1, -0.05) is 50.9 Å². The van der Waals surface area contributed by atoms with Crippen LogP contribution in [-0.4, -0.2) is 47.3 Å². The van der Waals surface area contributed by atoms with Crippen LogP contribution in [0.4, 0.5) is 14.6 Å². The van der Waals surface area contributed by atoms with Gasteiger partial charge in [0.1, 0.15) is 16.9 Å². The van der Waals surface area contributed by atoms with Crippen LogP contribution >= 0.6 is 49.6 Å². The van der Waals surface area contributed by atoms with E-state index in [1.807, 2.05) is 11.9 Å². The van der Waals surface area contributed by atoms with Crippen molar-refractivity contribution in [2.24, 2.45) is 5.41 Å². The Morgan fingerprint density at radius 1 is 1.15 bits per heavy atom. The number of hydrogen-bond donors (Lipinski definition) is 4. The molecule has 0 spiro atoms. The maximum atomic E-state index is 15.8. The van der Waals surface area contributed by atoms with E-state index in [9.17, 15) is 9.50 Å². The Hall–Kier alpha value is -1.76. The molecule has 1 aliphatic rings. The lowest BCUT2D eigenvalue weighted by Gasteiger charge is -2.39. The van der Waals surface area contributed by atoms with Gasteiger partial charge >= 0.3 is 0 Å². The number of thioether (sulfide) groups is 1. The highest BCUT2D eigenvalue weighted by Crippen LogP contribution is 2.44. The second kappa shape index (κ2) is 12.4. The van der Waals surface area contributed by atoms with Gasteiger partial charge in [0, 0.05) is 18.5 Å². The third-order valence-corrected chi connectivity index (χ3v) is 8.83. The summed E-state index contributed by atoms with van der Waals surface area (Å²) in [6, 6.07) is 7.51. The fourth-order valence-electron chi connectivity index (χ4n) is 5.31. The molecule has 1 N–H and O–H groups in total. The summed E-state index contributed by atoms with van der Waals surface area (Å²) in [7, 11) is 1.84. The summed E-state index contributed by atoms with van der Waals surface area (Å²) in [5.74, 6) is -0.0537.